The second-order valence-corrected chi connectivity index (χ2v) is 8.00. The van der Waals surface area contributed by atoms with E-state index >= 15 is 0 Å². The van der Waals surface area contributed by atoms with Gasteiger partial charge in [0.15, 0.2) is 6.23 Å². The van der Waals surface area contributed by atoms with E-state index in [4.69, 9.17) is 21.1 Å². The summed E-state index contributed by atoms with van der Waals surface area (Å²) in [6, 6.07) is 9.91. The molecule has 1 aliphatic rings. The first-order valence-corrected chi connectivity index (χ1v) is 10.1. The number of rotatable bonds is 5. The highest BCUT2D eigenvalue weighted by Crippen LogP contribution is 2.37. The van der Waals surface area contributed by atoms with Crippen molar-refractivity contribution in [1.82, 2.24) is 4.57 Å². The van der Waals surface area contributed by atoms with Gasteiger partial charge in [0.25, 0.3) is 0 Å². The zero-order valence-corrected chi connectivity index (χ0v) is 17.4. The number of aliphatic hydroxyl groups excluding tert-OH is 4. The Labute approximate surface area is 182 Å². The van der Waals surface area contributed by atoms with Gasteiger partial charge in [-0.05, 0) is 41.8 Å². The topological polar surface area (TPSA) is 104 Å². The maximum atomic E-state index is 14.2. The highest BCUT2D eigenvalue weighted by atomic mass is 35.5. The Balaban J connectivity index is 1.80. The minimum atomic E-state index is -1.54. The lowest BCUT2D eigenvalue weighted by Gasteiger charge is -2.40. The smallest absolute Gasteiger partial charge is 0.163 e. The van der Waals surface area contributed by atoms with E-state index in [2.05, 4.69) is 0 Å². The molecule has 1 aromatic heterocycles. The minimum Gasteiger partial charge on any atom is -0.497 e. The van der Waals surface area contributed by atoms with E-state index in [0.29, 0.717) is 23.1 Å². The van der Waals surface area contributed by atoms with Crippen molar-refractivity contribution in [3.05, 3.63) is 64.6 Å². The number of aliphatic hydroxyl groups is 4. The van der Waals surface area contributed by atoms with Crippen LogP contribution in [0.5, 0.6) is 5.75 Å². The SMILES string of the molecule is COc1ccc(Cc2cn([C@@H]3O[C@H](CO)[C@@H](O)[C@H](O)[C@H]3O)c3c(Cl)cc(F)cc23)cc1. The Bertz CT molecular complexity index is 1070. The van der Waals surface area contributed by atoms with E-state index in [0.717, 1.165) is 17.2 Å². The first-order chi connectivity index (χ1) is 14.8. The first-order valence-electron chi connectivity index (χ1n) is 9.76. The molecule has 0 aliphatic carbocycles. The van der Waals surface area contributed by atoms with Crippen LogP contribution in [0.15, 0.2) is 42.6 Å². The third kappa shape index (κ3) is 4.03. The quantitative estimate of drug-likeness (QED) is 0.473. The van der Waals surface area contributed by atoms with Crippen LogP contribution in [0.4, 0.5) is 4.39 Å². The second-order valence-electron chi connectivity index (χ2n) is 7.59. The van der Waals surface area contributed by atoms with Gasteiger partial charge in [-0.25, -0.2) is 4.39 Å². The van der Waals surface area contributed by atoms with Crippen LogP contribution >= 0.6 is 11.6 Å². The largest absolute Gasteiger partial charge is 0.497 e. The van der Waals surface area contributed by atoms with Gasteiger partial charge in [0.2, 0.25) is 0 Å². The number of methoxy groups -OCH3 is 1. The average Bonchev–Trinajstić information content (AvgIpc) is 3.11. The molecule has 166 valence electrons. The van der Waals surface area contributed by atoms with Crippen molar-refractivity contribution in [2.45, 2.75) is 37.1 Å². The van der Waals surface area contributed by atoms with Gasteiger partial charge in [0.1, 0.15) is 36.0 Å². The van der Waals surface area contributed by atoms with Crippen molar-refractivity contribution in [2.24, 2.45) is 0 Å². The predicted molar refractivity (Wildman–Crippen MR) is 112 cm³/mol. The molecule has 3 aromatic rings. The number of halogens is 2. The van der Waals surface area contributed by atoms with E-state index < -0.39 is 43.1 Å². The van der Waals surface area contributed by atoms with Gasteiger partial charge in [0.05, 0.1) is 24.3 Å². The summed E-state index contributed by atoms with van der Waals surface area (Å²) in [5.74, 6) is 0.196. The van der Waals surface area contributed by atoms with Gasteiger partial charge in [-0.3, -0.25) is 0 Å². The number of ether oxygens (including phenoxy) is 2. The molecule has 1 aliphatic heterocycles. The van der Waals surface area contributed by atoms with Gasteiger partial charge in [0, 0.05) is 11.6 Å². The average molecular weight is 452 g/mol. The second kappa shape index (κ2) is 8.74. The fourth-order valence-electron chi connectivity index (χ4n) is 3.99. The molecule has 0 radical (unpaired) electrons. The van der Waals surface area contributed by atoms with Crippen LogP contribution in [-0.2, 0) is 11.2 Å². The molecular weight excluding hydrogens is 429 g/mol. The Morgan fingerprint density at radius 3 is 2.45 bits per heavy atom. The molecule has 0 saturated carbocycles. The molecule has 0 bridgehead atoms. The number of fused-ring (bicyclic) bond motifs is 1. The molecule has 2 aromatic carbocycles. The number of hydrogen-bond acceptors (Lipinski definition) is 6. The van der Waals surface area contributed by atoms with Gasteiger partial charge >= 0.3 is 0 Å². The van der Waals surface area contributed by atoms with Gasteiger partial charge < -0.3 is 34.5 Å². The molecule has 9 heteroatoms. The third-order valence-corrected chi connectivity index (χ3v) is 5.91. The van der Waals surface area contributed by atoms with Crippen LogP contribution in [0.1, 0.15) is 17.4 Å². The number of nitrogens with zero attached hydrogens (tertiary/aromatic N) is 1. The van der Waals surface area contributed by atoms with Gasteiger partial charge in [-0.15, -0.1) is 0 Å². The van der Waals surface area contributed by atoms with Crippen molar-refractivity contribution in [2.75, 3.05) is 13.7 Å². The number of benzene rings is 2. The van der Waals surface area contributed by atoms with E-state index in [1.165, 1.54) is 10.6 Å². The number of aromatic nitrogens is 1. The molecule has 5 atom stereocenters. The van der Waals surface area contributed by atoms with Gasteiger partial charge in [-0.1, -0.05) is 23.7 Å². The summed E-state index contributed by atoms with van der Waals surface area (Å²) in [6.07, 6.45) is -4.64. The molecule has 4 rings (SSSR count). The summed E-state index contributed by atoms with van der Waals surface area (Å²) >= 11 is 6.35. The van der Waals surface area contributed by atoms with Gasteiger partial charge in [-0.2, -0.15) is 0 Å². The highest BCUT2D eigenvalue weighted by Gasteiger charge is 2.44. The fourth-order valence-corrected chi connectivity index (χ4v) is 4.30. The van der Waals surface area contributed by atoms with Crippen LogP contribution < -0.4 is 4.74 Å². The Hall–Kier alpha value is -2.20. The van der Waals surface area contributed by atoms with Crippen LogP contribution in [0.2, 0.25) is 5.02 Å². The van der Waals surface area contributed by atoms with Crippen LogP contribution in [0.3, 0.4) is 0 Å². The van der Waals surface area contributed by atoms with Crippen LogP contribution in [0.25, 0.3) is 10.9 Å². The molecule has 2 heterocycles. The monoisotopic (exact) mass is 451 g/mol. The van der Waals surface area contributed by atoms with Crippen molar-refractivity contribution in [1.29, 1.82) is 0 Å². The summed E-state index contributed by atoms with van der Waals surface area (Å²) in [5, 5.41) is 41.0. The molecular formula is C22H23ClFNO6. The van der Waals surface area contributed by atoms with Crippen LogP contribution in [0, 0.1) is 5.82 Å². The number of hydrogen-bond donors (Lipinski definition) is 4. The third-order valence-electron chi connectivity index (χ3n) is 5.62. The lowest BCUT2D eigenvalue weighted by atomic mass is 9.98. The summed E-state index contributed by atoms with van der Waals surface area (Å²) in [7, 11) is 1.58. The molecule has 0 amide bonds. The Morgan fingerprint density at radius 1 is 1.10 bits per heavy atom. The zero-order chi connectivity index (χ0) is 22.3. The summed E-state index contributed by atoms with van der Waals surface area (Å²) < 4.78 is 26.6. The summed E-state index contributed by atoms with van der Waals surface area (Å²) in [5.41, 5.74) is 2.07. The normalized spacial score (nSPS) is 26.4. The maximum Gasteiger partial charge on any atom is 0.163 e. The van der Waals surface area contributed by atoms with E-state index in [1.54, 1.807) is 13.3 Å². The summed E-state index contributed by atoms with van der Waals surface area (Å²) in [6.45, 7) is -0.554. The van der Waals surface area contributed by atoms with Crippen molar-refractivity contribution >= 4 is 22.5 Å². The van der Waals surface area contributed by atoms with Crippen molar-refractivity contribution in [3.63, 3.8) is 0 Å². The fraction of sp³-hybridized carbons (Fsp3) is 0.364. The Kier molecular flexibility index (Phi) is 6.20. The predicted octanol–water partition coefficient (Wildman–Crippen LogP) is 2.01. The molecule has 0 spiro atoms. The van der Waals surface area contributed by atoms with E-state index in [9.17, 15) is 24.8 Å². The first kappa shape index (κ1) is 22.0. The molecule has 4 N–H and O–H groups in total. The van der Waals surface area contributed by atoms with E-state index in [1.807, 2.05) is 24.3 Å². The molecule has 0 unspecified atom stereocenters. The Morgan fingerprint density at radius 2 is 1.81 bits per heavy atom. The highest BCUT2D eigenvalue weighted by molar-refractivity contribution is 6.35. The molecule has 31 heavy (non-hydrogen) atoms. The molecule has 1 saturated heterocycles. The lowest BCUT2D eigenvalue weighted by Crippen LogP contribution is -2.56. The zero-order valence-electron chi connectivity index (χ0n) is 16.7. The maximum absolute atomic E-state index is 14.2. The lowest BCUT2D eigenvalue weighted by molar-refractivity contribution is -0.250. The molecule has 1 fully saturated rings. The van der Waals surface area contributed by atoms with Crippen molar-refractivity contribution in [3.8, 4) is 5.75 Å². The minimum absolute atomic E-state index is 0.105. The molecule has 7 nitrogen and oxygen atoms in total. The van der Waals surface area contributed by atoms with Crippen LogP contribution in [-0.4, -0.2) is 63.1 Å². The summed E-state index contributed by atoms with van der Waals surface area (Å²) in [4.78, 5) is 0. The standard InChI is InChI=1S/C22H23ClFNO6/c1-30-14-4-2-11(3-5-14)6-12-9-25(18-15(12)7-13(24)8-16(18)23)22-21(29)20(28)19(27)17(10-26)31-22/h2-5,7-9,17,19-22,26-29H,6,10H2,1H3/t17-,19-,20+,21-,22-/m1/s1. The van der Waals surface area contributed by atoms with Crippen molar-refractivity contribution < 1.29 is 34.3 Å². The van der Waals surface area contributed by atoms with E-state index in [-0.39, 0.29) is 5.02 Å².